The number of hydrogen-bond acceptors (Lipinski definition) is 2. The Bertz CT molecular complexity index is 346. The lowest BCUT2D eigenvalue weighted by atomic mass is 9.88. The Morgan fingerprint density at radius 3 is 3.00 bits per heavy atom. The van der Waals surface area contributed by atoms with E-state index >= 15 is 0 Å². The summed E-state index contributed by atoms with van der Waals surface area (Å²) in [6.45, 7) is 1.95. The lowest BCUT2D eigenvalue weighted by molar-refractivity contribution is 0.0284. The van der Waals surface area contributed by atoms with Crippen molar-refractivity contribution in [2.45, 2.75) is 31.3 Å². The summed E-state index contributed by atoms with van der Waals surface area (Å²) in [4.78, 5) is 0. The van der Waals surface area contributed by atoms with Gasteiger partial charge in [0.05, 0.1) is 5.60 Å². The SMILES string of the molecule is OC1(Cc2cccc(Br)c2)CCCNCC1. The third kappa shape index (κ3) is 3.30. The molecule has 1 aliphatic heterocycles. The van der Waals surface area contributed by atoms with Crippen LogP contribution < -0.4 is 5.32 Å². The Labute approximate surface area is 105 Å². The minimum absolute atomic E-state index is 0.524. The van der Waals surface area contributed by atoms with Gasteiger partial charge in [-0.1, -0.05) is 28.1 Å². The van der Waals surface area contributed by atoms with E-state index in [1.54, 1.807) is 0 Å². The number of benzene rings is 1. The van der Waals surface area contributed by atoms with Crippen molar-refractivity contribution < 1.29 is 5.11 Å². The van der Waals surface area contributed by atoms with Gasteiger partial charge in [-0.2, -0.15) is 0 Å². The van der Waals surface area contributed by atoms with Crippen LogP contribution in [-0.4, -0.2) is 23.8 Å². The molecule has 0 radical (unpaired) electrons. The molecule has 1 atom stereocenters. The first-order valence-electron chi connectivity index (χ1n) is 5.86. The first-order chi connectivity index (χ1) is 7.68. The fourth-order valence-electron chi connectivity index (χ4n) is 2.32. The maximum Gasteiger partial charge on any atom is 0.0700 e. The second-order valence-corrected chi connectivity index (χ2v) is 5.55. The summed E-state index contributed by atoms with van der Waals surface area (Å²) in [6.07, 6.45) is 3.56. The monoisotopic (exact) mass is 283 g/mol. The number of aliphatic hydroxyl groups is 1. The minimum atomic E-state index is -0.524. The zero-order chi connectivity index (χ0) is 11.4. The molecule has 1 saturated heterocycles. The normalized spacial score (nSPS) is 26.4. The molecule has 0 bridgehead atoms. The first kappa shape index (κ1) is 12.1. The topological polar surface area (TPSA) is 32.3 Å². The molecule has 2 nitrogen and oxygen atoms in total. The summed E-state index contributed by atoms with van der Waals surface area (Å²) < 4.78 is 1.08. The zero-order valence-corrected chi connectivity index (χ0v) is 11.0. The standard InChI is InChI=1S/C13H18BrNO/c14-12-4-1-3-11(9-12)10-13(16)5-2-7-15-8-6-13/h1,3-4,9,15-16H,2,5-8,10H2. The second kappa shape index (κ2) is 5.30. The van der Waals surface area contributed by atoms with Crippen LogP contribution in [0.25, 0.3) is 0 Å². The van der Waals surface area contributed by atoms with Gasteiger partial charge < -0.3 is 10.4 Å². The minimum Gasteiger partial charge on any atom is -0.389 e. The van der Waals surface area contributed by atoms with Crippen LogP contribution in [0.15, 0.2) is 28.7 Å². The molecule has 2 rings (SSSR count). The Balaban J connectivity index is 2.06. The molecule has 1 fully saturated rings. The van der Waals surface area contributed by atoms with Gasteiger partial charge in [-0.25, -0.2) is 0 Å². The van der Waals surface area contributed by atoms with Gasteiger partial charge in [0.1, 0.15) is 0 Å². The third-order valence-electron chi connectivity index (χ3n) is 3.19. The van der Waals surface area contributed by atoms with E-state index in [4.69, 9.17) is 0 Å². The van der Waals surface area contributed by atoms with Gasteiger partial charge in [0.2, 0.25) is 0 Å². The molecule has 88 valence electrons. The Morgan fingerprint density at radius 1 is 1.31 bits per heavy atom. The lowest BCUT2D eigenvalue weighted by Crippen LogP contribution is -2.32. The molecule has 0 spiro atoms. The van der Waals surface area contributed by atoms with Crippen LogP contribution in [0.1, 0.15) is 24.8 Å². The molecular weight excluding hydrogens is 266 g/mol. The van der Waals surface area contributed by atoms with Gasteiger partial charge in [0.15, 0.2) is 0 Å². The average molecular weight is 284 g/mol. The number of nitrogens with one attached hydrogen (secondary N) is 1. The van der Waals surface area contributed by atoms with Gasteiger partial charge in [-0.05, 0) is 50.0 Å². The van der Waals surface area contributed by atoms with Crippen molar-refractivity contribution in [1.29, 1.82) is 0 Å². The van der Waals surface area contributed by atoms with E-state index in [0.29, 0.717) is 0 Å². The van der Waals surface area contributed by atoms with E-state index in [2.05, 4.69) is 33.4 Å². The number of halogens is 1. The van der Waals surface area contributed by atoms with Crippen molar-refractivity contribution in [2.75, 3.05) is 13.1 Å². The molecule has 1 heterocycles. The fraction of sp³-hybridized carbons (Fsp3) is 0.538. The fourth-order valence-corrected chi connectivity index (χ4v) is 2.76. The number of rotatable bonds is 2. The molecule has 3 heteroatoms. The average Bonchev–Trinajstić information content (AvgIpc) is 2.43. The van der Waals surface area contributed by atoms with Crippen LogP contribution >= 0.6 is 15.9 Å². The van der Waals surface area contributed by atoms with E-state index in [0.717, 1.165) is 43.2 Å². The largest absolute Gasteiger partial charge is 0.389 e. The highest BCUT2D eigenvalue weighted by atomic mass is 79.9. The third-order valence-corrected chi connectivity index (χ3v) is 3.68. The number of hydrogen-bond donors (Lipinski definition) is 2. The Kier molecular flexibility index (Phi) is 4.00. The highest BCUT2D eigenvalue weighted by Gasteiger charge is 2.27. The van der Waals surface area contributed by atoms with Gasteiger partial charge in [0, 0.05) is 10.9 Å². The molecule has 2 N–H and O–H groups in total. The summed E-state index contributed by atoms with van der Waals surface area (Å²) >= 11 is 3.47. The van der Waals surface area contributed by atoms with Crippen LogP contribution in [0.3, 0.4) is 0 Å². The summed E-state index contributed by atoms with van der Waals surface area (Å²) in [5, 5.41) is 13.9. The van der Waals surface area contributed by atoms with Gasteiger partial charge >= 0.3 is 0 Å². The second-order valence-electron chi connectivity index (χ2n) is 4.63. The molecule has 1 unspecified atom stereocenters. The van der Waals surface area contributed by atoms with Gasteiger partial charge in [-0.3, -0.25) is 0 Å². The molecule has 0 aliphatic carbocycles. The van der Waals surface area contributed by atoms with Crippen molar-refractivity contribution in [3.63, 3.8) is 0 Å². The molecule has 1 aromatic rings. The highest BCUT2D eigenvalue weighted by Crippen LogP contribution is 2.25. The van der Waals surface area contributed by atoms with Gasteiger partial charge in [-0.15, -0.1) is 0 Å². The summed E-state index contributed by atoms with van der Waals surface area (Å²) in [5.74, 6) is 0. The van der Waals surface area contributed by atoms with E-state index in [1.807, 2.05) is 12.1 Å². The predicted octanol–water partition coefficient (Wildman–Crippen LogP) is 2.50. The van der Waals surface area contributed by atoms with E-state index in [9.17, 15) is 5.11 Å². The van der Waals surface area contributed by atoms with E-state index in [1.165, 1.54) is 5.56 Å². The van der Waals surface area contributed by atoms with Crippen LogP contribution in [-0.2, 0) is 6.42 Å². The van der Waals surface area contributed by atoms with Crippen molar-refractivity contribution in [2.24, 2.45) is 0 Å². The maximum absolute atomic E-state index is 10.5. The predicted molar refractivity (Wildman–Crippen MR) is 69.5 cm³/mol. The Morgan fingerprint density at radius 2 is 2.19 bits per heavy atom. The maximum atomic E-state index is 10.5. The van der Waals surface area contributed by atoms with Crippen LogP contribution in [0.4, 0.5) is 0 Å². The van der Waals surface area contributed by atoms with Crippen molar-refractivity contribution >= 4 is 15.9 Å². The Hall–Kier alpha value is -0.380. The van der Waals surface area contributed by atoms with Gasteiger partial charge in [0.25, 0.3) is 0 Å². The molecular formula is C13H18BrNO. The quantitative estimate of drug-likeness (QED) is 0.874. The zero-order valence-electron chi connectivity index (χ0n) is 9.38. The van der Waals surface area contributed by atoms with E-state index in [-0.39, 0.29) is 0 Å². The first-order valence-corrected chi connectivity index (χ1v) is 6.65. The summed E-state index contributed by atoms with van der Waals surface area (Å²) in [6, 6.07) is 8.22. The lowest BCUT2D eigenvalue weighted by Gasteiger charge is -2.26. The van der Waals surface area contributed by atoms with E-state index < -0.39 is 5.60 Å². The molecule has 0 amide bonds. The van der Waals surface area contributed by atoms with Crippen LogP contribution in [0.5, 0.6) is 0 Å². The summed E-state index contributed by atoms with van der Waals surface area (Å²) in [5.41, 5.74) is 0.684. The highest BCUT2D eigenvalue weighted by molar-refractivity contribution is 9.10. The smallest absolute Gasteiger partial charge is 0.0700 e. The molecule has 1 aromatic carbocycles. The van der Waals surface area contributed by atoms with Crippen molar-refractivity contribution in [3.05, 3.63) is 34.3 Å². The van der Waals surface area contributed by atoms with Crippen molar-refractivity contribution in [3.8, 4) is 0 Å². The molecule has 0 aromatic heterocycles. The molecule has 0 saturated carbocycles. The van der Waals surface area contributed by atoms with Crippen molar-refractivity contribution in [1.82, 2.24) is 5.32 Å². The van der Waals surface area contributed by atoms with Crippen LogP contribution in [0.2, 0.25) is 0 Å². The molecule has 1 aliphatic rings. The van der Waals surface area contributed by atoms with Crippen LogP contribution in [0, 0.1) is 0 Å². The summed E-state index contributed by atoms with van der Waals surface area (Å²) in [7, 11) is 0. The molecule has 16 heavy (non-hydrogen) atoms.